The molecular weight excluding hydrogens is 248 g/mol. The molecule has 0 aliphatic rings. The Labute approximate surface area is 107 Å². The van der Waals surface area contributed by atoms with Gasteiger partial charge in [-0.2, -0.15) is 0 Å². The monoisotopic (exact) mass is 266 g/mol. The van der Waals surface area contributed by atoms with Crippen LogP contribution < -0.4 is 4.72 Å². The lowest BCUT2D eigenvalue weighted by molar-refractivity contribution is 0.588. The van der Waals surface area contributed by atoms with Gasteiger partial charge in [-0.1, -0.05) is 11.6 Å². The van der Waals surface area contributed by atoms with E-state index in [-0.39, 0.29) is 0 Å². The van der Waals surface area contributed by atoms with Crippen LogP contribution in [0.15, 0.2) is 18.2 Å². The van der Waals surface area contributed by atoms with E-state index in [1.54, 1.807) is 0 Å². The van der Waals surface area contributed by atoms with Crippen LogP contribution in [0.2, 0.25) is 0 Å². The van der Waals surface area contributed by atoms with Gasteiger partial charge in [0, 0.05) is 23.1 Å². The van der Waals surface area contributed by atoms with Crippen molar-refractivity contribution in [2.45, 2.75) is 20.3 Å². The van der Waals surface area contributed by atoms with E-state index in [0.29, 0.717) is 13.0 Å². The van der Waals surface area contributed by atoms with Gasteiger partial charge in [0.25, 0.3) is 0 Å². The molecule has 0 fully saturated rings. The van der Waals surface area contributed by atoms with Crippen molar-refractivity contribution in [3.8, 4) is 0 Å². The van der Waals surface area contributed by atoms with Gasteiger partial charge in [0.05, 0.1) is 6.26 Å². The molecule has 5 heteroatoms. The second-order valence-corrected chi connectivity index (χ2v) is 6.53. The molecule has 0 spiro atoms. The number of rotatable bonds is 4. The van der Waals surface area contributed by atoms with E-state index < -0.39 is 10.0 Å². The van der Waals surface area contributed by atoms with E-state index >= 15 is 0 Å². The molecule has 2 rings (SSSR count). The molecule has 0 unspecified atom stereocenters. The summed E-state index contributed by atoms with van der Waals surface area (Å²) in [6.07, 6.45) is 1.88. The fraction of sp³-hybridized carbons (Fsp3) is 0.385. The summed E-state index contributed by atoms with van der Waals surface area (Å²) in [5.74, 6) is 0. The van der Waals surface area contributed by atoms with E-state index in [1.165, 1.54) is 22.8 Å². The summed E-state index contributed by atoms with van der Waals surface area (Å²) in [5.41, 5.74) is 4.60. The first-order valence-electron chi connectivity index (χ1n) is 5.89. The Morgan fingerprint density at radius 1 is 1.28 bits per heavy atom. The number of aryl methyl sites for hydroxylation is 2. The van der Waals surface area contributed by atoms with Crippen molar-refractivity contribution in [1.82, 2.24) is 9.71 Å². The molecule has 0 amide bonds. The van der Waals surface area contributed by atoms with Crippen LogP contribution in [-0.4, -0.2) is 26.2 Å². The Morgan fingerprint density at radius 3 is 2.67 bits per heavy atom. The number of benzene rings is 1. The highest BCUT2D eigenvalue weighted by Gasteiger charge is 2.09. The van der Waals surface area contributed by atoms with Crippen molar-refractivity contribution < 1.29 is 8.42 Å². The second kappa shape index (κ2) is 4.74. The minimum Gasteiger partial charge on any atom is -0.358 e. The number of sulfonamides is 1. The molecule has 0 saturated heterocycles. The molecule has 2 N–H and O–H groups in total. The summed E-state index contributed by atoms with van der Waals surface area (Å²) in [4.78, 5) is 3.32. The lowest BCUT2D eigenvalue weighted by Gasteiger charge is -2.03. The highest BCUT2D eigenvalue weighted by atomic mass is 32.2. The van der Waals surface area contributed by atoms with Crippen LogP contribution in [0.4, 0.5) is 0 Å². The maximum absolute atomic E-state index is 11.0. The first kappa shape index (κ1) is 13.1. The molecule has 0 atom stereocenters. The van der Waals surface area contributed by atoms with Crippen molar-refractivity contribution in [1.29, 1.82) is 0 Å². The molecule has 1 aromatic heterocycles. The summed E-state index contributed by atoms with van der Waals surface area (Å²) in [6, 6.07) is 6.26. The van der Waals surface area contributed by atoms with Crippen LogP contribution in [0, 0.1) is 13.8 Å². The first-order valence-corrected chi connectivity index (χ1v) is 7.78. The Morgan fingerprint density at radius 2 is 2.00 bits per heavy atom. The third-order valence-electron chi connectivity index (χ3n) is 3.01. The molecule has 1 aromatic carbocycles. The van der Waals surface area contributed by atoms with E-state index in [9.17, 15) is 8.42 Å². The molecule has 0 aliphatic heterocycles. The molecule has 0 saturated carbocycles. The normalized spacial score (nSPS) is 12.2. The minimum atomic E-state index is -3.11. The predicted octanol–water partition coefficient (Wildman–Crippen LogP) is 1.88. The van der Waals surface area contributed by atoms with E-state index in [4.69, 9.17) is 0 Å². The Bertz CT molecular complexity index is 672. The predicted molar refractivity (Wildman–Crippen MR) is 74.3 cm³/mol. The average Bonchev–Trinajstić information content (AvgIpc) is 2.54. The third-order valence-corrected chi connectivity index (χ3v) is 3.74. The fourth-order valence-corrected chi connectivity index (χ4v) is 2.65. The Balaban J connectivity index is 2.27. The van der Waals surface area contributed by atoms with Gasteiger partial charge in [-0.15, -0.1) is 0 Å². The highest BCUT2D eigenvalue weighted by molar-refractivity contribution is 7.88. The van der Waals surface area contributed by atoms with Crippen LogP contribution in [0.5, 0.6) is 0 Å². The van der Waals surface area contributed by atoms with Crippen LogP contribution in [0.25, 0.3) is 10.9 Å². The Hall–Kier alpha value is -1.33. The van der Waals surface area contributed by atoms with Crippen LogP contribution >= 0.6 is 0 Å². The molecule has 1 heterocycles. The van der Waals surface area contributed by atoms with Crippen LogP contribution in [-0.2, 0) is 16.4 Å². The lowest BCUT2D eigenvalue weighted by atomic mass is 10.1. The number of hydrogen-bond donors (Lipinski definition) is 2. The van der Waals surface area contributed by atoms with Gasteiger partial charge in [-0.3, -0.25) is 0 Å². The van der Waals surface area contributed by atoms with Gasteiger partial charge in [0.1, 0.15) is 0 Å². The lowest BCUT2D eigenvalue weighted by Crippen LogP contribution is -2.24. The molecular formula is C13H18N2O2S. The zero-order chi connectivity index (χ0) is 13.3. The standard InChI is InChI=1S/C13H18N2O2S/c1-9-4-5-13-12(8-9)11(10(2)15-13)6-7-14-18(3,16)17/h4-5,8,14-15H,6-7H2,1-3H3. The van der Waals surface area contributed by atoms with Gasteiger partial charge >= 0.3 is 0 Å². The van der Waals surface area contributed by atoms with Crippen molar-refractivity contribution in [3.05, 3.63) is 35.0 Å². The second-order valence-electron chi connectivity index (χ2n) is 4.69. The molecule has 2 aromatic rings. The molecule has 0 radical (unpaired) electrons. The molecule has 0 aliphatic carbocycles. The molecule has 4 nitrogen and oxygen atoms in total. The average molecular weight is 266 g/mol. The smallest absolute Gasteiger partial charge is 0.208 e. The zero-order valence-electron chi connectivity index (χ0n) is 10.9. The van der Waals surface area contributed by atoms with Crippen molar-refractivity contribution >= 4 is 20.9 Å². The summed E-state index contributed by atoms with van der Waals surface area (Å²) in [6.45, 7) is 4.51. The minimum absolute atomic E-state index is 0.431. The van der Waals surface area contributed by atoms with E-state index in [2.05, 4.69) is 34.8 Å². The van der Waals surface area contributed by atoms with Gasteiger partial charge in [-0.25, -0.2) is 13.1 Å². The largest absolute Gasteiger partial charge is 0.358 e. The number of hydrogen-bond acceptors (Lipinski definition) is 2. The molecule has 18 heavy (non-hydrogen) atoms. The summed E-state index contributed by atoms with van der Waals surface area (Å²) < 4.78 is 24.6. The van der Waals surface area contributed by atoms with Crippen LogP contribution in [0.3, 0.4) is 0 Å². The fourth-order valence-electron chi connectivity index (χ4n) is 2.18. The maximum atomic E-state index is 11.0. The number of aromatic amines is 1. The number of H-pyrrole nitrogens is 1. The summed E-state index contributed by atoms with van der Waals surface area (Å²) in [5, 5.41) is 1.18. The molecule has 98 valence electrons. The van der Waals surface area contributed by atoms with E-state index in [1.807, 2.05) is 6.92 Å². The van der Waals surface area contributed by atoms with Gasteiger partial charge in [0.15, 0.2) is 0 Å². The third kappa shape index (κ3) is 2.91. The van der Waals surface area contributed by atoms with Crippen LogP contribution in [0.1, 0.15) is 16.8 Å². The van der Waals surface area contributed by atoms with Gasteiger partial charge < -0.3 is 4.98 Å². The van der Waals surface area contributed by atoms with Gasteiger partial charge in [0.2, 0.25) is 10.0 Å². The highest BCUT2D eigenvalue weighted by Crippen LogP contribution is 2.23. The molecule has 0 bridgehead atoms. The van der Waals surface area contributed by atoms with Crippen molar-refractivity contribution in [2.75, 3.05) is 12.8 Å². The first-order chi connectivity index (χ1) is 8.37. The van der Waals surface area contributed by atoms with Gasteiger partial charge in [-0.05, 0) is 38.0 Å². The number of fused-ring (bicyclic) bond motifs is 1. The summed E-state index contributed by atoms with van der Waals surface area (Å²) in [7, 11) is -3.11. The topological polar surface area (TPSA) is 62.0 Å². The Kier molecular flexibility index (Phi) is 3.45. The van der Waals surface area contributed by atoms with Crippen molar-refractivity contribution in [3.63, 3.8) is 0 Å². The SMILES string of the molecule is Cc1ccc2[nH]c(C)c(CCNS(C)(=O)=O)c2c1. The van der Waals surface area contributed by atoms with Crippen molar-refractivity contribution in [2.24, 2.45) is 0 Å². The summed E-state index contributed by atoms with van der Waals surface area (Å²) >= 11 is 0. The maximum Gasteiger partial charge on any atom is 0.208 e. The number of aromatic nitrogens is 1. The zero-order valence-corrected chi connectivity index (χ0v) is 11.7. The quantitative estimate of drug-likeness (QED) is 0.887. The number of nitrogens with one attached hydrogen (secondary N) is 2. The van der Waals surface area contributed by atoms with E-state index in [0.717, 1.165) is 11.2 Å².